The molecule has 1 fully saturated rings. The van der Waals surface area contributed by atoms with Gasteiger partial charge in [0.05, 0.1) is 7.11 Å². The van der Waals surface area contributed by atoms with Gasteiger partial charge >= 0.3 is 5.97 Å². The van der Waals surface area contributed by atoms with Crippen molar-refractivity contribution in [1.82, 2.24) is 0 Å². The molecule has 4 atom stereocenters. The van der Waals surface area contributed by atoms with Crippen molar-refractivity contribution in [3.05, 3.63) is 70.8 Å². The van der Waals surface area contributed by atoms with E-state index in [9.17, 15) is 4.79 Å². The average Bonchev–Trinajstić information content (AvgIpc) is 2.96. The third kappa shape index (κ3) is 0.866. The van der Waals surface area contributed by atoms with Crippen LogP contribution in [0.5, 0.6) is 0 Å². The van der Waals surface area contributed by atoms with Gasteiger partial charge < -0.3 is 4.74 Å². The molecule has 0 saturated heterocycles. The van der Waals surface area contributed by atoms with Gasteiger partial charge in [-0.15, -0.1) is 0 Å². The molecule has 0 heterocycles. The molecule has 3 aliphatic rings. The molecular formula is C18H14O2. The summed E-state index contributed by atoms with van der Waals surface area (Å²) in [5, 5.41) is 0. The van der Waals surface area contributed by atoms with Crippen LogP contribution in [0.25, 0.3) is 0 Å². The van der Waals surface area contributed by atoms with E-state index in [2.05, 4.69) is 42.5 Å². The number of hydrogen-bond acceptors (Lipinski definition) is 2. The number of hydrogen-bond donors (Lipinski definition) is 0. The van der Waals surface area contributed by atoms with Crippen LogP contribution in [0.1, 0.15) is 34.1 Å². The maximum absolute atomic E-state index is 12.5. The van der Waals surface area contributed by atoms with Gasteiger partial charge in [-0.05, 0) is 28.2 Å². The molecule has 1 saturated carbocycles. The van der Waals surface area contributed by atoms with Gasteiger partial charge in [-0.3, -0.25) is 4.79 Å². The molecule has 0 bridgehead atoms. The van der Waals surface area contributed by atoms with Crippen LogP contribution < -0.4 is 0 Å². The van der Waals surface area contributed by atoms with Crippen molar-refractivity contribution in [1.29, 1.82) is 0 Å². The van der Waals surface area contributed by atoms with E-state index in [4.69, 9.17) is 4.74 Å². The maximum Gasteiger partial charge on any atom is 0.317 e. The predicted octanol–water partition coefficient (Wildman–Crippen LogP) is 2.97. The van der Waals surface area contributed by atoms with Crippen LogP contribution in [0.15, 0.2) is 48.5 Å². The Bertz CT molecular complexity index is 764. The van der Waals surface area contributed by atoms with Crippen molar-refractivity contribution in [3.8, 4) is 0 Å². The highest BCUT2D eigenvalue weighted by Gasteiger charge is 2.81. The van der Waals surface area contributed by atoms with Crippen LogP contribution in [0, 0.1) is 5.92 Å². The number of rotatable bonds is 1. The van der Waals surface area contributed by atoms with Crippen molar-refractivity contribution in [2.45, 2.75) is 17.3 Å². The zero-order chi connectivity index (χ0) is 13.5. The van der Waals surface area contributed by atoms with E-state index >= 15 is 0 Å². The Hall–Kier alpha value is -2.09. The predicted molar refractivity (Wildman–Crippen MR) is 74.7 cm³/mol. The van der Waals surface area contributed by atoms with Crippen LogP contribution in [-0.4, -0.2) is 13.1 Å². The van der Waals surface area contributed by atoms with Gasteiger partial charge in [-0.25, -0.2) is 0 Å². The fourth-order valence-corrected chi connectivity index (χ4v) is 4.97. The van der Waals surface area contributed by atoms with Crippen LogP contribution in [0.3, 0.4) is 0 Å². The standard InChI is InChI=1S/C18H14O2/c1-20-17(19)18-13-9-5-4-8-12(13)14-10-6-2-3-7-11(10)15(18)16(14)18/h2-9,14-16H,1H3. The first kappa shape index (κ1) is 10.7. The zero-order valence-electron chi connectivity index (χ0n) is 11.2. The van der Waals surface area contributed by atoms with E-state index in [1.165, 1.54) is 29.4 Å². The monoisotopic (exact) mass is 262 g/mol. The Labute approximate surface area is 117 Å². The molecule has 4 unspecified atom stereocenters. The molecule has 2 nitrogen and oxygen atoms in total. The summed E-state index contributed by atoms with van der Waals surface area (Å²) >= 11 is 0. The molecule has 3 aliphatic carbocycles. The van der Waals surface area contributed by atoms with Crippen LogP contribution in [0.4, 0.5) is 0 Å². The summed E-state index contributed by atoms with van der Waals surface area (Å²) in [6, 6.07) is 17.0. The number of fused-ring (bicyclic) bond motifs is 7. The molecule has 0 amide bonds. The van der Waals surface area contributed by atoms with E-state index in [1.54, 1.807) is 0 Å². The van der Waals surface area contributed by atoms with Crippen molar-refractivity contribution in [2.75, 3.05) is 7.11 Å². The molecule has 0 N–H and O–H groups in total. The molecule has 0 spiro atoms. The molecular weight excluding hydrogens is 248 g/mol. The number of esters is 1. The number of carbonyl (C=O) groups excluding carboxylic acids is 1. The second kappa shape index (κ2) is 3.14. The molecule has 0 radical (unpaired) electrons. The summed E-state index contributed by atoms with van der Waals surface area (Å²) in [6.07, 6.45) is 0. The van der Waals surface area contributed by atoms with E-state index in [1.807, 2.05) is 6.07 Å². The molecule has 2 heteroatoms. The van der Waals surface area contributed by atoms with Crippen molar-refractivity contribution >= 4 is 5.97 Å². The second-order valence-electron chi connectivity index (χ2n) is 6.06. The van der Waals surface area contributed by atoms with Gasteiger partial charge in [-0.2, -0.15) is 0 Å². The van der Waals surface area contributed by atoms with Gasteiger partial charge in [0.15, 0.2) is 0 Å². The summed E-state index contributed by atoms with van der Waals surface area (Å²) in [7, 11) is 1.51. The normalized spacial score (nSPS) is 34.1. The molecule has 0 aromatic heterocycles. The quantitative estimate of drug-likeness (QED) is 0.739. The fourth-order valence-electron chi connectivity index (χ4n) is 4.97. The third-order valence-electron chi connectivity index (χ3n) is 5.56. The lowest BCUT2D eigenvalue weighted by Crippen LogP contribution is -2.25. The fraction of sp³-hybridized carbons (Fsp3) is 0.278. The summed E-state index contributed by atoms with van der Waals surface area (Å²) in [5.41, 5.74) is 4.88. The van der Waals surface area contributed by atoms with E-state index in [0.717, 1.165) is 0 Å². The third-order valence-corrected chi connectivity index (χ3v) is 5.56. The van der Waals surface area contributed by atoms with Gasteiger partial charge in [0.2, 0.25) is 0 Å². The average molecular weight is 262 g/mol. The van der Waals surface area contributed by atoms with Gasteiger partial charge in [0.25, 0.3) is 0 Å². The zero-order valence-corrected chi connectivity index (χ0v) is 11.2. The number of ether oxygens (including phenoxy) is 1. The minimum atomic E-state index is -0.398. The highest BCUT2D eigenvalue weighted by molar-refractivity contribution is 5.95. The smallest absolute Gasteiger partial charge is 0.317 e. The molecule has 2 aromatic carbocycles. The van der Waals surface area contributed by atoms with Crippen LogP contribution in [-0.2, 0) is 14.9 Å². The van der Waals surface area contributed by atoms with Crippen LogP contribution >= 0.6 is 0 Å². The summed E-state index contributed by atoms with van der Waals surface area (Å²) < 4.78 is 5.16. The number of carbonyl (C=O) groups is 1. The van der Waals surface area contributed by atoms with Crippen LogP contribution in [0.2, 0.25) is 0 Å². The van der Waals surface area contributed by atoms with Crippen molar-refractivity contribution in [2.24, 2.45) is 5.92 Å². The summed E-state index contributed by atoms with van der Waals surface area (Å²) in [4.78, 5) is 12.5. The van der Waals surface area contributed by atoms with Crippen molar-refractivity contribution < 1.29 is 9.53 Å². The molecule has 0 aliphatic heterocycles. The Balaban J connectivity index is 1.84. The lowest BCUT2D eigenvalue weighted by atomic mass is 9.90. The topological polar surface area (TPSA) is 26.3 Å². The Morgan fingerprint density at radius 2 is 1.65 bits per heavy atom. The number of benzene rings is 2. The first-order valence-electron chi connectivity index (χ1n) is 7.08. The minimum absolute atomic E-state index is 0.0584. The lowest BCUT2D eigenvalue weighted by Gasteiger charge is -2.15. The maximum atomic E-state index is 12.5. The molecule has 98 valence electrons. The second-order valence-corrected chi connectivity index (χ2v) is 6.06. The lowest BCUT2D eigenvalue weighted by molar-refractivity contribution is -0.144. The molecule has 20 heavy (non-hydrogen) atoms. The molecule has 5 rings (SSSR count). The van der Waals surface area contributed by atoms with E-state index < -0.39 is 5.41 Å². The highest BCUT2D eigenvalue weighted by atomic mass is 16.5. The van der Waals surface area contributed by atoms with Gasteiger partial charge in [0, 0.05) is 11.8 Å². The summed E-state index contributed by atoms with van der Waals surface area (Å²) in [5.74, 6) is 1.03. The van der Waals surface area contributed by atoms with Crippen molar-refractivity contribution in [3.63, 3.8) is 0 Å². The largest absolute Gasteiger partial charge is 0.468 e. The Kier molecular flexibility index (Phi) is 1.68. The first-order valence-corrected chi connectivity index (χ1v) is 7.08. The Morgan fingerprint density at radius 3 is 2.40 bits per heavy atom. The van der Waals surface area contributed by atoms with E-state index in [-0.39, 0.29) is 5.97 Å². The summed E-state index contributed by atoms with van der Waals surface area (Å²) in [6.45, 7) is 0. The molecule has 2 aromatic rings. The first-order chi connectivity index (χ1) is 9.81. The highest BCUT2D eigenvalue weighted by Crippen LogP contribution is 2.81. The SMILES string of the molecule is COC(=O)C12c3ccccc3C3c4ccccc4C1C32. The van der Waals surface area contributed by atoms with Gasteiger partial charge in [0.1, 0.15) is 5.41 Å². The van der Waals surface area contributed by atoms with Gasteiger partial charge in [-0.1, -0.05) is 48.5 Å². The minimum Gasteiger partial charge on any atom is -0.468 e. The number of methoxy groups -OCH3 is 1. The van der Waals surface area contributed by atoms with E-state index in [0.29, 0.717) is 17.8 Å². The Morgan fingerprint density at radius 1 is 1.00 bits per heavy atom.